The highest BCUT2D eigenvalue weighted by Gasteiger charge is 2.58. The van der Waals surface area contributed by atoms with Crippen molar-refractivity contribution in [1.29, 1.82) is 0 Å². The predicted octanol–water partition coefficient (Wildman–Crippen LogP) is 4.14. The highest BCUT2D eigenvalue weighted by atomic mass is 35.5. The number of alkyl halides is 6. The molecule has 0 saturated carbocycles. The first-order valence-corrected chi connectivity index (χ1v) is 4.79. The van der Waals surface area contributed by atoms with Crippen LogP contribution < -0.4 is 0 Å². The second kappa shape index (κ2) is 4.30. The maximum absolute atomic E-state index is 13.5. The molecule has 0 aromatic heterocycles. The van der Waals surface area contributed by atoms with E-state index in [1.54, 1.807) is 0 Å². The quantitative estimate of drug-likeness (QED) is 0.636. The van der Waals surface area contributed by atoms with E-state index < -0.39 is 16.7 Å². The Labute approximate surface area is 98.6 Å². The molecule has 1 nitrogen and oxygen atoms in total. The fourth-order valence-corrected chi connectivity index (χ4v) is 1.25. The largest absolute Gasteiger partial charge is 0.508 e. The summed E-state index contributed by atoms with van der Waals surface area (Å²) in [4.78, 5) is 0. The molecule has 0 bridgehead atoms. The number of phenols is 1. The van der Waals surface area contributed by atoms with Crippen LogP contribution in [0.5, 0.6) is 5.75 Å². The normalized spacial score (nSPS) is 14.9. The molecule has 7 heteroatoms. The lowest BCUT2D eigenvalue weighted by molar-refractivity contribution is -0.154. The summed E-state index contributed by atoms with van der Waals surface area (Å²) in [5, 5.41) is 8.89. The molecule has 1 unspecified atom stereocenters. The molecule has 0 spiro atoms. The van der Waals surface area contributed by atoms with Gasteiger partial charge in [-0.2, -0.15) is 13.2 Å². The zero-order chi connectivity index (χ0) is 12.6. The van der Waals surface area contributed by atoms with Gasteiger partial charge in [0.05, 0.1) is 0 Å². The molecule has 0 aliphatic carbocycles. The molecule has 0 heterocycles. The second-order valence-corrected chi connectivity index (χ2v) is 4.46. The van der Waals surface area contributed by atoms with Gasteiger partial charge in [0.1, 0.15) is 5.75 Å². The molecule has 1 rings (SSSR count). The summed E-state index contributed by atoms with van der Waals surface area (Å²) in [6.45, 7) is 0. The third kappa shape index (κ3) is 2.52. The maximum Gasteiger partial charge on any atom is 0.424 e. The first-order chi connectivity index (χ1) is 7.16. The Kier molecular flexibility index (Phi) is 3.59. The van der Waals surface area contributed by atoms with Gasteiger partial charge in [-0.15, -0.1) is 0 Å². The van der Waals surface area contributed by atoms with Crippen LogP contribution in [0.4, 0.5) is 17.6 Å². The minimum Gasteiger partial charge on any atom is -0.508 e. The number of aromatic hydroxyl groups is 1. The molecular formula is C9H6Cl2F4O. The Morgan fingerprint density at radius 3 is 1.88 bits per heavy atom. The predicted molar refractivity (Wildman–Crippen MR) is 52.4 cm³/mol. The zero-order valence-corrected chi connectivity index (χ0v) is 9.11. The summed E-state index contributed by atoms with van der Waals surface area (Å²) in [7, 11) is 0. The number of hydrogen-bond donors (Lipinski definition) is 1. The van der Waals surface area contributed by atoms with E-state index in [4.69, 9.17) is 28.3 Å². The van der Waals surface area contributed by atoms with Gasteiger partial charge in [0.15, 0.2) is 6.17 Å². The molecule has 1 atom stereocenters. The van der Waals surface area contributed by atoms with Gasteiger partial charge in [-0.1, -0.05) is 35.3 Å². The van der Waals surface area contributed by atoms with Gasteiger partial charge in [0, 0.05) is 0 Å². The van der Waals surface area contributed by atoms with Crippen LogP contribution in [0.2, 0.25) is 0 Å². The SMILES string of the molecule is Oc1ccc(C(F)C(Cl)(Cl)C(F)(F)F)cc1. The fourth-order valence-electron chi connectivity index (χ4n) is 0.996. The van der Waals surface area contributed by atoms with Crippen LogP contribution in [-0.4, -0.2) is 15.6 Å². The molecule has 0 amide bonds. The Balaban J connectivity index is 3.02. The third-order valence-corrected chi connectivity index (χ3v) is 2.69. The Bertz CT molecular complexity index is 361. The van der Waals surface area contributed by atoms with E-state index in [-0.39, 0.29) is 11.3 Å². The molecule has 1 aromatic carbocycles. The lowest BCUT2D eigenvalue weighted by Gasteiger charge is -2.26. The van der Waals surface area contributed by atoms with Gasteiger partial charge in [-0.05, 0) is 17.7 Å². The summed E-state index contributed by atoms with van der Waals surface area (Å²) >= 11 is 9.88. The second-order valence-electron chi connectivity index (χ2n) is 3.07. The van der Waals surface area contributed by atoms with Crippen LogP contribution in [0.1, 0.15) is 11.7 Å². The van der Waals surface area contributed by atoms with E-state index in [1.165, 1.54) is 0 Å². The molecule has 0 aliphatic heterocycles. The van der Waals surface area contributed by atoms with E-state index >= 15 is 0 Å². The van der Waals surface area contributed by atoms with E-state index in [9.17, 15) is 17.6 Å². The number of halogens is 6. The van der Waals surface area contributed by atoms with Crippen LogP contribution >= 0.6 is 23.2 Å². The van der Waals surface area contributed by atoms with Crippen molar-refractivity contribution in [3.05, 3.63) is 29.8 Å². The first kappa shape index (κ1) is 13.4. The summed E-state index contributed by atoms with van der Waals surface area (Å²) in [6, 6.07) is 4.04. The Morgan fingerprint density at radius 1 is 1.06 bits per heavy atom. The molecule has 1 N–H and O–H groups in total. The van der Waals surface area contributed by atoms with Crippen molar-refractivity contribution >= 4 is 23.2 Å². The van der Waals surface area contributed by atoms with Crippen molar-refractivity contribution in [3.8, 4) is 5.75 Å². The van der Waals surface area contributed by atoms with Crippen molar-refractivity contribution in [3.63, 3.8) is 0 Å². The number of benzene rings is 1. The number of hydrogen-bond acceptors (Lipinski definition) is 1. The van der Waals surface area contributed by atoms with E-state index in [1.807, 2.05) is 0 Å². The van der Waals surface area contributed by atoms with Crippen molar-refractivity contribution in [2.45, 2.75) is 16.7 Å². The van der Waals surface area contributed by atoms with Gasteiger partial charge in [-0.25, -0.2) is 4.39 Å². The van der Waals surface area contributed by atoms with E-state index in [2.05, 4.69) is 0 Å². The van der Waals surface area contributed by atoms with E-state index in [0.717, 1.165) is 24.3 Å². The lowest BCUT2D eigenvalue weighted by Crippen LogP contribution is -2.38. The topological polar surface area (TPSA) is 20.2 Å². The third-order valence-electron chi connectivity index (χ3n) is 1.88. The molecule has 90 valence electrons. The van der Waals surface area contributed by atoms with Crippen LogP contribution in [0.3, 0.4) is 0 Å². The van der Waals surface area contributed by atoms with Crippen molar-refractivity contribution in [2.24, 2.45) is 0 Å². The molecule has 0 fully saturated rings. The van der Waals surface area contributed by atoms with Gasteiger partial charge in [0.25, 0.3) is 0 Å². The summed E-state index contributed by atoms with van der Waals surface area (Å²) in [6.07, 6.45) is -7.72. The van der Waals surface area contributed by atoms with Gasteiger partial charge < -0.3 is 5.11 Å². The van der Waals surface area contributed by atoms with Crippen molar-refractivity contribution in [2.75, 3.05) is 0 Å². The fraction of sp³-hybridized carbons (Fsp3) is 0.333. The number of rotatable bonds is 2. The molecule has 1 aromatic rings. The molecule has 0 aliphatic rings. The van der Waals surface area contributed by atoms with Gasteiger partial charge in [-0.3, -0.25) is 0 Å². The lowest BCUT2D eigenvalue weighted by atomic mass is 10.1. The minimum atomic E-state index is -5.09. The van der Waals surface area contributed by atoms with Gasteiger partial charge in [0.2, 0.25) is 4.33 Å². The van der Waals surface area contributed by atoms with Crippen molar-refractivity contribution in [1.82, 2.24) is 0 Å². The molecular weight excluding hydrogens is 271 g/mol. The highest BCUT2D eigenvalue weighted by molar-refractivity contribution is 6.49. The Morgan fingerprint density at radius 2 is 1.50 bits per heavy atom. The minimum absolute atomic E-state index is 0.197. The van der Waals surface area contributed by atoms with Crippen LogP contribution in [0, 0.1) is 0 Å². The summed E-state index contributed by atoms with van der Waals surface area (Å²) in [5.41, 5.74) is -0.361. The van der Waals surface area contributed by atoms with Crippen LogP contribution in [0.15, 0.2) is 24.3 Å². The summed E-state index contributed by atoms with van der Waals surface area (Å²) < 4.78 is 46.9. The average molecular weight is 277 g/mol. The zero-order valence-electron chi connectivity index (χ0n) is 7.60. The van der Waals surface area contributed by atoms with Crippen LogP contribution in [0.25, 0.3) is 0 Å². The smallest absolute Gasteiger partial charge is 0.424 e. The summed E-state index contributed by atoms with van der Waals surface area (Å²) in [5.74, 6) is -0.197. The molecule has 0 radical (unpaired) electrons. The monoisotopic (exact) mass is 276 g/mol. The van der Waals surface area contributed by atoms with E-state index in [0.29, 0.717) is 0 Å². The van der Waals surface area contributed by atoms with Crippen LogP contribution in [-0.2, 0) is 0 Å². The standard InChI is InChI=1S/C9H6Cl2F4O/c10-8(11,9(13,14)15)7(12)5-1-3-6(16)4-2-5/h1-4,7,16H. The average Bonchev–Trinajstić information content (AvgIpc) is 2.16. The van der Waals surface area contributed by atoms with Gasteiger partial charge >= 0.3 is 6.18 Å². The highest BCUT2D eigenvalue weighted by Crippen LogP contribution is 2.50. The molecule has 16 heavy (non-hydrogen) atoms. The van der Waals surface area contributed by atoms with Crippen molar-refractivity contribution < 1.29 is 22.7 Å². The maximum atomic E-state index is 13.5. The Hall–Kier alpha value is -0.680. The first-order valence-electron chi connectivity index (χ1n) is 4.04. The molecule has 0 saturated heterocycles. The number of phenolic OH excluding ortho intramolecular Hbond substituents is 1.